The van der Waals surface area contributed by atoms with Gasteiger partial charge in [0.05, 0.1) is 0 Å². The van der Waals surface area contributed by atoms with Crippen molar-refractivity contribution in [3.63, 3.8) is 0 Å². The lowest BCUT2D eigenvalue weighted by Crippen LogP contribution is -2.42. The Balaban J connectivity index is 1.45. The van der Waals surface area contributed by atoms with Gasteiger partial charge in [0.1, 0.15) is 5.75 Å². The van der Waals surface area contributed by atoms with Gasteiger partial charge in [0.25, 0.3) is 0 Å². The number of fused-ring (bicyclic) bond motifs is 2. The summed E-state index contributed by atoms with van der Waals surface area (Å²) in [7, 11) is 2.29. The maximum atomic E-state index is 9.25. The summed E-state index contributed by atoms with van der Waals surface area (Å²) < 4.78 is 0. The first-order valence-electron chi connectivity index (χ1n) is 7.43. The van der Waals surface area contributed by atoms with Gasteiger partial charge in [-0.25, -0.2) is 0 Å². The average molecular weight is 260 g/mol. The third-order valence-electron chi connectivity index (χ3n) is 4.89. The number of hydrogen-bond acceptors (Lipinski definition) is 3. The smallest absolute Gasteiger partial charge is 0.115 e. The summed E-state index contributed by atoms with van der Waals surface area (Å²) in [4.78, 5) is 2.59. The second kappa shape index (κ2) is 5.51. The molecule has 1 aromatic carbocycles. The van der Waals surface area contributed by atoms with Gasteiger partial charge in [0, 0.05) is 18.6 Å². The molecule has 0 amide bonds. The van der Waals surface area contributed by atoms with Crippen molar-refractivity contribution in [1.29, 1.82) is 0 Å². The average Bonchev–Trinajstić information content (AvgIpc) is 2.64. The highest BCUT2D eigenvalue weighted by Crippen LogP contribution is 2.36. The minimum atomic E-state index is 0.343. The summed E-state index contributed by atoms with van der Waals surface area (Å²) in [6, 6.07) is 9.15. The molecule has 2 saturated heterocycles. The molecule has 19 heavy (non-hydrogen) atoms. The van der Waals surface area contributed by atoms with Crippen LogP contribution in [0.4, 0.5) is 0 Å². The molecule has 3 rings (SSSR count). The van der Waals surface area contributed by atoms with Gasteiger partial charge in [-0.3, -0.25) is 0 Å². The molecule has 0 saturated carbocycles. The minimum Gasteiger partial charge on any atom is -0.508 e. The van der Waals surface area contributed by atoms with Crippen LogP contribution in [0.2, 0.25) is 0 Å². The number of hydrogen-bond donors (Lipinski definition) is 2. The Bertz CT molecular complexity index is 403. The molecule has 2 unspecified atom stereocenters. The van der Waals surface area contributed by atoms with E-state index >= 15 is 0 Å². The number of benzene rings is 1. The Labute approximate surface area is 115 Å². The molecule has 0 radical (unpaired) electrons. The van der Waals surface area contributed by atoms with Crippen molar-refractivity contribution in [1.82, 2.24) is 10.2 Å². The van der Waals surface area contributed by atoms with Crippen LogP contribution < -0.4 is 5.32 Å². The van der Waals surface area contributed by atoms with Crippen LogP contribution >= 0.6 is 0 Å². The fourth-order valence-corrected chi connectivity index (χ4v) is 3.73. The molecule has 2 aliphatic heterocycles. The van der Waals surface area contributed by atoms with Gasteiger partial charge in [0.2, 0.25) is 0 Å². The van der Waals surface area contributed by atoms with E-state index < -0.39 is 0 Å². The molecule has 2 N–H and O–H groups in total. The standard InChI is InChI=1S/C16H24N2O/c1-18-14-4-5-15(18)9-13(8-14)11-17-10-12-2-6-16(19)7-3-12/h2-3,6-7,13-15,17,19H,4-5,8-11H2,1H3. The number of nitrogens with one attached hydrogen (secondary N) is 1. The molecule has 1 aromatic rings. The number of piperidine rings is 1. The first-order valence-corrected chi connectivity index (χ1v) is 7.43. The molecule has 0 aliphatic carbocycles. The molecule has 0 spiro atoms. The molecule has 3 nitrogen and oxygen atoms in total. The molecule has 2 bridgehead atoms. The molecular formula is C16H24N2O. The van der Waals surface area contributed by atoms with E-state index in [-0.39, 0.29) is 0 Å². The van der Waals surface area contributed by atoms with E-state index in [1.807, 2.05) is 12.1 Å². The summed E-state index contributed by atoms with van der Waals surface area (Å²) in [6.07, 6.45) is 5.51. The fraction of sp³-hybridized carbons (Fsp3) is 0.625. The molecule has 3 heteroatoms. The van der Waals surface area contributed by atoms with Crippen molar-refractivity contribution >= 4 is 0 Å². The van der Waals surface area contributed by atoms with Crippen molar-refractivity contribution in [2.45, 2.75) is 44.3 Å². The highest BCUT2D eigenvalue weighted by molar-refractivity contribution is 5.25. The van der Waals surface area contributed by atoms with Crippen molar-refractivity contribution in [2.24, 2.45) is 5.92 Å². The Kier molecular flexibility index (Phi) is 3.76. The molecule has 104 valence electrons. The van der Waals surface area contributed by atoms with E-state index in [0.29, 0.717) is 5.75 Å². The van der Waals surface area contributed by atoms with Crippen LogP contribution in [0.25, 0.3) is 0 Å². The van der Waals surface area contributed by atoms with Gasteiger partial charge in [0.15, 0.2) is 0 Å². The maximum Gasteiger partial charge on any atom is 0.115 e. The largest absolute Gasteiger partial charge is 0.508 e. The second-order valence-electron chi connectivity index (χ2n) is 6.19. The first kappa shape index (κ1) is 12.9. The predicted octanol–water partition coefficient (Wildman–Crippen LogP) is 2.35. The van der Waals surface area contributed by atoms with Gasteiger partial charge >= 0.3 is 0 Å². The third kappa shape index (κ3) is 2.93. The number of aromatic hydroxyl groups is 1. The van der Waals surface area contributed by atoms with Gasteiger partial charge in [-0.1, -0.05) is 12.1 Å². The van der Waals surface area contributed by atoms with Crippen LogP contribution in [-0.2, 0) is 6.54 Å². The van der Waals surface area contributed by atoms with Gasteiger partial charge in [-0.2, -0.15) is 0 Å². The molecule has 0 aromatic heterocycles. The molecular weight excluding hydrogens is 236 g/mol. The Hall–Kier alpha value is -1.06. The van der Waals surface area contributed by atoms with Gasteiger partial charge in [-0.05, 0) is 62.9 Å². The van der Waals surface area contributed by atoms with E-state index in [0.717, 1.165) is 31.1 Å². The lowest BCUT2D eigenvalue weighted by Gasteiger charge is -2.36. The van der Waals surface area contributed by atoms with Crippen molar-refractivity contribution in [3.8, 4) is 5.75 Å². The highest BCUT2D eigenvalue weighted by Gasteiger charge is 2.37. The van der Waals surface area contributed by atoms with Crippen LogP contribution in [0.3, 0.4) is 0 Å². The fourth-order valence-electron chi connectivity index (χ4n) is 3.73. The monoisotopic (exact) mass is 260 g/mol. The quantitative estimate of drug-likeness (QED) is 0.872. The van der Waals surface area contributed by atoms with Crippen molar-refractivity contribution < 1.29 is 5.11 Å². The van der Waals surface area contributed by atoms with E-state index in [1.165, 1.54) is 31.2 Å². The summed E-state index contributed by atoms with van der Waals surface area (Å²) in [5, 5.41) is 12.8. The van der Waals surface area contributed by atoms with Crippen LogP contribution in [0.5, 0.6) is 5.75 Å². The summed E-state index contributed by atoms with van der Waals surface area (Å²) in [6.45, 7) is 2.03. The molecule has 2 aliphatic rings. The SMILES string of the molecule is CN1C2CCC1CC(CNCc1ccc(O)cc1)C2. The zero-order valence-electron chi connectivity index (χ0n) is 11.7. The van der Waals surface area contributed by atoms with E-state index in [1.54, 1.807) is 12.1 Å². The second-order valence-corrected chi connectivity index (χ2v) is 6.19. The van der Waals surface area contributed by atoms with Crippen LogP contribution in [0, 0.1) is 5.92 Å². The normalized spacial score (nSPS) is 30.7. The lowest BCUT2D eigenvalue weighted by atomic mass is 9.91. The highest BCUT2D eigenvalue weighted by atomic mass is 16.3. The predicted molar refractivity (Wildman–Crippen MR) is 77.1 cm³/mol. The topological polar surface area (TPSA) is 35.5 Å². The molecule has 2 heterocycles. The molecule has 2 atom stereocenters. The van der Waals surface area contributed by atoms with E-state index in [2.05, 4.69) is 17.3 Å². The number of phenols is 1. The Morgan fingerprint density at radius 2 is 1.79 bits per heavy atom. The maximum absolute atomic E-state index is 9.25. The van der Waals surface area contributed by atoms with Crippen LogP contribution in [-0.4, -0.2) is 35.7 Å². The van der Waals surface area contributed by atoms with Crippen molar-refractivity contribution in [3.05, 3.63) is 29.8 Å². The van der Waals surface area contributed by atoms with E-state index in [4.69, 9.17) is 0 Å². The van der Waals surface area contributed by atoms with Crippen LogP contribution in [0.15, 0.2) is 24.3 Å². The number of phenolic OH excluding ortho intramolecular Hbond substituents is 1. The summed E-state index contributed by atoms with van der Waals surface area (Å²) in [5.74, 6) is 1.18. The Morgan fingerprint density at radius 3 is 2.42 bits per heavy atom. The molecule has 2 fully saturated rings. The third-order valence-corrected chi connectivity index (χ3v) is 4.89. The first-order chi connectivity index (χ1) is 9.22. The van der Waals surface area contributed by atoms with Crippen molar-refractivity contribution in [2.75, 3.05) is 13.6 Å². The van der Waals surface area contributed by atoms with Gasteiger partial charge in [-0.15, -0.1) is 0 Å². The summed E-state index contributed by atoms with van der Waals surface area (Å²) >= 11 is 0. The number of rotatable bonds is 4. The minimum absolute atomic E-state index is 0.343. The van der Waals surface area contributed by atoms with Crippen LogP contribution in [0.1, 0.15) is 31.2 Å². The Morgan fingerprint density at radius 1 is 1.16 bits per heavy atom. The van der Waals surface area contributed by atoms with Gasteiger partial charge < -0.3 is 15.3 Å². The van der Waals surface area contributed by atoms with E-state index in [9.17, 15) is 5.11 Å². The zero-order chi connectivity index (χ0) is 13.2. The summed E-state index contributed by atoms with van der Waals surface area (Å²) in [5.41, 5.74) is 1.24. The zero-order valence-corrected chi connectivity index (χ0v) is 11.7. The lowest BCUT2D eigenvalue weighted by molar-refractivity contribution is 0.133. The number of nitrogens with zero attached hydrogens (tertiary/aromatic N) is 1.